The van der Waals surface area contributed by atoms with Crippen molar-refractivity contribution < 1.29 is 4.79 Å². The van der Waals surface area contributed by atoms with Crippen molar-refractivity contribution in [3.8, 4) is 17.3 Å². The van der Waals surface area contributed by atoms with Gasteiger partial charge in [-0.2, -0.15) is 10.4 Å². The number of halogens is 2. The van der Waals surface area contributed by atoms with E-state index in [2.05, 4.69) is 21.8 Å². The van der Waals surface area contributed by atoms with E-state index < -0.39 is 0 Å². The molecule has 0 radical (unpaired) electrons. The van der Waals surface area contributed by atoms with E-state index in [9.17, 15) is 10.1 Å². The lowest BCUT2D eigenvalue weighted by molar-refractivity contribution is 0.0924. The molecule has 2 aromatic carbocycles. The Balaban J connectivity index is 1.62. The predicted molar refractivity (Wildman–Crippen MR) is 121 cm³/mol. The minimum absolute atomic E-state index is 0.0862. The van der Waals surface area contributed by atoms with Crippen molar-refractivity contribution in [2.75, 3.05) is 13.1 Å². The molecule has 3 aromatic rings. The van der Waals surface area contributed by atoms with Crippen molar-refractivity contribution in [1.82, 2.24) is 20.4 Å². The third kappa shape index (κ3) is 4.59. The first-order valence-corrected chi connectivity index (χ1v) is 10.7. The molecule has 1 aromatic heterocycles. The zero-order valence-corrected chi connectivity index (χ0v) is 18.4. The number of nitriles is 1. The average molecular weight is 454 g/mol. The van der Waals surface area contributed by atoms with Crippen molar-refractivity contribution in [3.05, 3.63) is 75.4 Å². The number of hydrogen-bond donors (Lipinski definition) is 2. The van der Waals surface area contributed by atoms with E-state index in [0.717, 1.165) is 18.5 Å². The Morgan fingerprint density at radius 1 is 1.26 bits per heavy atom. The van der Waals surface area contributed by atoms with Gasteiger partial charge in [-0.05, 0) is 48.9 Å². The van der Waals surface area contributed by atoms with Gasteiger partial charge in [0.1, 0.15) is 0 Å². The normalized spacial score (nSPS) is 18.4. The third-order valence-corrected chi connectivity index (χ3v) is 6.12. The van der Waals surface area contributed by atoms with Gasteiger partial charge in [0.2, 0.25) is 0 Å². The summed E-state index contributed by atoms with van der Waals surface area (Å²) in [5.74, 6) is -0.0584. The van der Waals surface area contributed by atoms with Gasteiger partial charge in [-0.15, -0.1) is 0 Å². The lowest BCUT2D eigenvalue weighted by atomic mass is 9.86. The molecule has 1 amide bonds. The lowest BCUT2D eigenvalue weighted by Gasteiger charge is -2.33. The summed E-state index contributed by atoms with van der Waals surface area (Å²) in [6.07, 6.45) is 2.45. The van der Waals surface area contributed by atoms with E-state index >= 15 is 0 Å². The first kappa shape index (κ1) is 21.4. The van der Waals surface area contributed by atoms with Gasteiger partial charge < -0.3 is 10.6 Å². The number of rotatable bonds is 4. The molecule has 6 nitrogen and oxygen atoms in total. The van der Waals surface area contributed by atoms with Crippen molar-refractivity contribution in [2.24, 2.45) is 7.05 Å². The Bertz CT molecular complexity index is 1130. The van der Waals surface area contributed by atoms with E-state index in [1.165, 1.54) is 0 Å². The van der Waals surface area contributed by atoms with Crippen LogP contribution in [-0.4, -0.2) is 34.8 Å². The highest BCUT2D eigenvalue weighted by molar-refractivity contribution is 6.33. The van der Waals surface area contributed by atoms with Crippen LogP contribution < -0.4 is 10.6 Å². The van der Waals surface area contributed by atoms with Crippen LogP contribution in [0, 0.1) is 11.3 Å². The molecule has 4 rings (SSSR count). The zero-order valence-electron chi connectivity index (χ0n) is 16.9. The number of hydrogen-bond acceptors (Lipinski definition) is 4. The summed E-state index contributed by atoms with van der Waals surface area (Å²) in [7, 11) is 1.77. The SMILES string of the molecule is Cn1ncc(Cl)c1-c1cc(C#N)cc(C(=O)N[C@@H]2CNCC[C@H]2c2ccc(Cl)cc2)c1. The fourth-order valence-corrected chi connectivity index (χ4v) is 4.47. The van der Waals surface area contributed by atoms with Crippen LogP contribution in [0.4, 0.5) is 0 Å². The highest BCUT2D eigenvalue weighted by Gasteiger charge is 2.28. The van der Waals surface area contributed by atoms with Crippen LogP contribution in [-0.2, 0) is 7.05 Å². The van der Waals surface area contributed by atoms with E-state index in [4.69, 9.17) is 23.2 Å². The molecule has 0 saturated carbocycles. The molecule has 8 heteroatoms. The van der Waals surface area contributed by atoms with Crippen LogP contribution in [0.1, 0.15) is 33.8 Å². The molecule has 1 aliphatic rings. The summed E-state index contributed by atoms with van der Waals surface area (Å²) >= 11 is 12.3. The van der Waals surface area contributed by atoms with Crippen molar-refractivity contribution >= 4 is 29.1 Å². The maximum absolute atomic E-state index is 13.2. The molecular weight excluding hydrogens is 433 g/mol. The van der Waals surface area contributed by atoms with Gasteiger partial charge in [0.15, 0.2) is 0 Å². The van der Waals surface area contributed by atoms with Crippen LogP contribution in [0.15, 0.2) is 48.7 Å². The van der Waals surface area contributed by atoms with Gasteiger partial charge >= 0.3 is 0 Å². The largest absolute Gasteiger partial charge is 0.347 e. The lowest BCUT2D eigenvalue weighted by Crippen LogP contribution is -2.50. The zero-order chi connectivity index (χ0) is 22.0. The molecule has 2 N–H and O–H groups in total. The molecule has 2 atom stereocenters. The summed E-state index contributed by atoms with van der Waals surface area (Å²) in [4.78, 5) is 13.2. The van der Waals surface area contributed by atoms with Gasteiger partial charge in [-0.1, -0.05) is 35.3 Å². The third-order valence-electron chi connectivity index (χ3n) is 5.59. The molecule has 0 unspecified atom stereocenters. The van der Waals surface area contributed by atoms with Gasteiger partial charge in [0.25, 0.3) is 5.91 Å². The molecule has 1 fully saturated rings. The van der Waals surface area contributed by atoms with Crippen LogP contribution >= 0.6 is 23.2 Å². The smallest absolute Gasteiger partial charge is 0.251 e. The highest BCUT2D eigenvalue weighted by atomic mass is 35.5. The van der Waals surface area contributed by atoms with Gasteiger partial charge in [-0.25, -0.2) is 0 Å². The van der Waals surface area contributed by atoms with Crippen LogP contribution in [0.25, 0.3) is 11.3 Å². The fraction of sp³-hybridized carbons (Fsp3) is 0.261. The second-order valence-electron chi connectivity index (χ2n) is 7.61. The Labute approximate surface area is 190 Å². The van der Waals surface area contributed by atoms with Gasteiger partial charge in [-0.3, -0.25) is 9.48 Å². The Morgan fingerprint density at radius 2 is 2.03 bits per heavy atom. The number of piperidine rings is 1. The second kappa shape index (κ2) is 9.11. The highest BCUT2D eigenvalue weighted by Crippen LogP contribution is 2.30. The van der Waals surface area contributed by atoms with Crippen LogP contribution in [0.2, 0.25) is 10.0 Å². The minimum atomic E-state index is -0.232. The Hall–Kier alpha value is -2.85. The number of aromatic nitrogens is 2. The molecule has 2 heterocycles. The number of nitrogens with zero attached hydrogens (tertiary/aromatic N) is 3. The summed E-state index contributed by atoms with van der Waals surface area (Å²) in [5.41, 5.74) is 3.27. The minimum Gasteiger partial charge on any atom is -0.347 e. The summed E-state index contributed by atoms with van der Waals surface area (Å²) in [5, 5.41) is 21.3. The van der Waals surface area contributed by atoms with E-state index in [0.29, 0.717) is 39.0 Å². The predicted octanol–water partition coefficient (Wildman–Crippen LogP) is 4.14. The fourth-order valence-electron chi connectivity index (χ4n) is 4.07. The number of carbonyl (C=O) groups is 1. The molecule has 0 aliphatic carbocycles. The van der Waals surface area contributed by atoms with Gasteiger partial charge in [0.05, 0.1) is 28.5 Å². The van der Waals surface area contributed by atoms with E-state index in [1.54, 1.807) is 36.1 Å². The maximum Gasteiger partial charge on any atom is 0.251 e. The first-order valence-electron chi connectivity index (χ1n) is 9.96. The van der Waals surface area contributed by atoms with Crippen molar-refractivity contribution in [1.29, 1.82) is 5.26 Å². The second-order valence-corrected chi connectivity index (χ2v) is 8.45. The average Bonchev–Trinajstić information content (AvgIpc) is 3.12. The molecule has 1 saturated heterocycles. The molecule has 0 spiro atoms. The van der Waals surface area contributed by atoms with Crippen LogP contribution in [0.5, 0.6) is 0 Å². The van der Waals surface area contributed by atoms with Gasteiger partial charge in [0, 0.05) is 41.7 Å². The van der Waals surface area contributed by atoms with Crippen molar-refractivity contribution in [3.63, 3.8) is 0 Å². The quantitative estimate of drug-likeness (QED) is 0.621. The monoisotopic (exact) mass is 453 g/mol. The number of nitrogens with one attached hydrogen (secondary N) is 2. The number of aryl methyl sites for hydroxylation is 1. The molecular formula is C23H21Cl2N5O. The maximum atomic E-state index is 13.2. The number of carbonyl (C=O) groups excluding carboxylic acids is 1. The number of benzene rings is 2. The Kier molecular flexibility index (Phi) is 6.28. The molecule has 31 heavy (non-hydrogen) atoms. The van der Waals surface area contributed by atoms with E-state index in [1.807, 2.05) is 24.3 Å². The molecule has 158 valence electrons. The number of amides is 1. The first-order chi connectivity index (χ1) is 15.0. The summed E-state index contributed by atoms with van der Waals surface area (Å²) in [6.45, 7) is 1.55. The summed E-state index contributed by atoms with van der Waals surface area (Å²) in [6, 6.07) is 14.9. The standard InChI is InChI=1S/C23H21Cl2N5O/c1-30-22(20(25)12-28-30)16-8-14(11-26)9-17(10-16)23(31)29-21-13-27-7-6-19(21)15-2-4-18(24)5-3-15/h2-5,8-10,12,19,21,27H,6-7,13H2,1H3,(H,29,31)/t19-,21+/m0/s1. The Morgan fingerprint density at radius 3 is 2.71 bits per heavy atom. The molecule has 1 aliphatic heterocycles. The van der Waals surface area contributed by atoms with Crippen molar-refractivity contribution in [2.45, 2.75) is 18.4 Å². The molecule has 0 bridgehead atoms. The van der Waals surface area contributed by atoms with E-state index in [-0.39, 0.29) is 17.9 Å². The summed E-state index contributed by atoms with van der Waals surface area (Å²) < 4.78 is 1.63. The topological polar surface area (TPSA) is 82.7 Å². The van der Waals surface area contributed by atoms with Crippen LogP contribution in [0.3, 0.4) is 0 Å².